The lowest BCUT2D eigenvalue weighted by molar-refractivity contribution is 0.319. The zero-order valence-electron chi connectivity index (χ0n) is 13.0. The number of rotatable bonds is 5. The van der Waals surface area contributed by atoms with E-state index in [0.717, 1.165) is 18.7 Å². The second-order valence-electron chi connectivity index (χ2n) is 5.70. The summed E-state index contributed by atoms with van der Waals surface area (Å²) < 4.78 is 0. The predicted octanol–water partition coefficient (Wildman–Crippen LogP) is 3.22. The minimum Gasteiger partial charge on any atom is -0.384 e. The third-order valence-corrected chi connectivity index (χ3v) is 3.71. The molecule has 2 rings (SSSR count). The Morgan fingerprint density at radius 3 is 2.29 bits per heavy atom. The lowest BCUT2D eigenvalue weighted by atomic mass is 10.1. The van der Waals surface area contributed by atoms with E-state index in [1.54, 1.807) is 0 Å². The average molecular weight is 281 g/mol. The van der Waals surface area contributed by atoms with Crippen LogP contribution in [-0.2, 0) is 13.1 Å². The Morgan fingerprint density at radius 1 is 1.00 bits per heavy atom. The summed E-state index contributed by atoms with van der Waals surface area (Å²) in [5, 5.41) is 7.50. The lowest BCUT2D eigenvalue weighted by Gasteiger charge is -2.18. The van der Waals surface area contributed by atoms with Gasteiger partial charge < -0.3 is 5.73 Å². The summed E-state index contributed by atoms with van der Waals surface area (Å²) in [7, 11) is 2.11. The third kappa shape index (κ3) is 4.17. The monoisotopic (exact) mass is 281 g/mol. The Bertz CT molecular complexity index is 647. The topological polar surface area (TPSA) is 53.1 Å². The maximum atomic E-state index is 7.50. The molecule has 2 aromatic rings. The number of amidine groups is 1. The van der Waals surface area contributed by atoms with Crippen molar-refractivity contribution in [2.75, 3.05) is 7.05 Å². The predicted molar refractivity (Wildman–Crippen MR) is 88.5 cm³/mol. The van der Waals surface area contributed by atoms with Crippen molar-refractivity contribution in [2.45, 2.75) is 26.9 Å². The highest BCUT2D eigenvalue weighted by Gasteiger charge is 2.05. The first-order valence-electron chi connectivity index (χ1n) is 7.13. The van der Waals surface area contributed by atoms with E-state index in [-0.39, 0.29) is 5.84 Å². The molecule has 0 saturated carbocycles. The summed E-state index contributed by atoms with van der Waals surface area (Å²) in [6.07, 6.45) is 0. The molecule has 3 heteroatoms. The SMILES string of the molecule is Cc1ccc(CN(C)Cc2cccc(C(=N)N)c2)cc1C. The van der Waals surface area contributed by atoms with Crippen LogP contribution in [0.2, 0.25) is 0 Å². The highest BCUT2D eigenvalue weighted by Crippen LogP contribution is 2.13. The van der Waals surface area contributed by atoms with Crippen LogP contribution in [0.4, 0.5) is 0 Å². The number of nitrogens with two attached hydrogens (primary N) is 1. The van der Waals surface area contributed by atoms with Crippen molar-refractivity contribution in [1.82, 2.24) is 4.90 Å². The van der Waals surface area contributed by atoms with E-state index in [0.29, 0.717) is 0 Å². The van der Waals surface area contributed by atoms with Crippen molar-refractivity contribution < 1.29 is 0 Å². The quantitative estimate of drug-likeness (QED) is 0.653. The molecule has 21 heavy (non-hydrogen) atoms. The number of hydrogen-bond acceptors (Lipinski definition) is 2. The number of nitrogens with zero attached hydrogens (tertiary/aromatic N) is 1. The maximum absolute atomic E-state index is 7.50. The molecule has 0 aliphatic heterocycles. The Balaban J connectivity index is 2.04. The van der Waals surface area contributed by atoms with Crippen LogP contribution in [-0.4, -0.2) is 17.8 Å². The van der Waals surface area contributed by atoms with E-state index in [1.807, 2.05) is 18.2 Å². The minimum atomic E-state index is 0.119. The van der Waals surface area contributed by atoms with Crippen LogP contribution >= 0.6 is 0 Å². The fraction of sp³-hybridized carbons (Fsp3) is 0.278. The van der Waals surface area contributed by atoms with Gasteiger partial charge in [-0.1, -0.05) is 36.4 Å². The number of hydrogen-bond donors (Lipinski definition) is 2. The third-order valence-electron chi connectivity index (χ3n) is 3.71. The molecule has 0 fully saturated rings. The average Bonchev–Trinajstić information content (AvgIpc) is 2.43. The first kappa shape index (κ1) is 15.3. The second-order valence-corrected chi connectivity index (χ2v) is 5.70. The first-order chi connectivity index (χ1) is 9.95. The molecule has 0 atom stereocenters. The molecule has 0 unspecified atom stereocenters. The molecular weight excluding hydrogens is 258 g/mol. The van der Waals surface area contributed by atoms with Crippen LogP contribution in [0.15, 0.2) is 42.5 Å². The van der Waals surface area contributed by atoms with E-state index in [9.17, 15) is 0 Å². The molecule has 0 aliphatic rings. The molecule has 110 valence electrons. The molecule has 0 amide bonds. The fourth-order valence-corrected chi connectivity index (χ4v) is 2.42. The smallest absolute Gasteiger partial charge is 0.122 e. The van der Waals surface area contributed by atoms with Crippen molar-refractivity contribution in [3.8, 4) is 0 Å². The summed E-state index contributed by atoms with van der Waals surface area (Å²) >= 11 is 0. The summed E-state index contributed by atoms with van der Waals surface area (Å²) in [5.74, 6) is 0.119. The minimum absolute atomic E-state index is 0.119. The molecule has 2 aromatic carbocycles. The molecule has 0 heterocycles. The van der Waals surface area contributed by atoms with Crippen LogP contribution in [0.25, 0.3) is 0 Å². The molecule has 3 nitrogen and oxygen atoms in total. The van der Waals surface area contributed by atoms with Crippen LogP contribution in [0.3, 0.4) is 0 Å². The van der Waals surface area contributed by atoms with Crippen LogP contribution in [0.5, 0.6) is 0 Å². The molecule has 0 aromatic heterocycles. The van der Waals surface area contributed by atoms with E-state index in [4.69, 9.17) is 11.1 Å². The van der Waals surface area contributed by atoms with Gasteiger partial charge in [0.2, 0.25) is 0 Å². The van der Waals surface area contributed by atoms with Gasteiger partial charge in [0.1, 0.15) is 5.84 Å². The lowest BCUT2D eigenvalue weighted by Crippen LogP contribution is -2.18. The number of nitrogen functional groups attached to an aromatic ring is 1. The van der Waals surface area contributed by atoms with Gasteiger partial charge in [0, 0.05) is 18.7 Å². The standard InChI is InChI=1S/C18H23N3/c1-13-7-8-16(9-14(13)2)12-21(3)11-15-5-4-6-17(10-15)18(19)20/h4-10H,11-12H2,1-3H3,(H3,19,20). The van der Waals surface area contributed by atoms with Crippen LogP contribution in [0.1, 0.15) is 27.8 Å². The van der Waals surface area contributed by atoms with Crippen molar-refractivity contribution in [1.29, 1.82) is 5.41 Å². The van der Waals surface area contributed by atoms with Gasteiger partial charge in [-0.15, -0.1) is 0 Å². The Hall–Kier alpha value is -2.13. The van der Waals surface area contributed by atoms with Gasteiger partial charge in [0.25, 0.3) is 0 Å². The first-order valence-corrected chi connectivity index (χ1v) is 7.13. The molecule has 3 N–H and O–H groups in total. The molecule has 0 aliphatic carbocycles. The summed E-state index contributed by atoms with van der Waals surface area (Å²) in [6.45, 7) is 6.03. The van der Waals surface area contributed by atoms with Crippen molar-refractivity contribution in [3.05, 3.63) is 70.3 Å². The molecule has 0 spiro atoms. The molecule has 0 bridgehead atoms. The van der Waals surface area contributed by atoms with Crippen LogP contribution < -0.4 is 5.73 Å². The van der Waals surface area contributed by atoms with Gasteiger partial charge in [-0.05, 0) is 49.2 Å². The normalized spacial score (nSPS) is 10.9. The highest BCUT2D eigenvalue weighted by molar-refractivity contribution is 5.95. The van der Waals surface area contributed by atoms with Crippen molar-refractivity contribution >= 4 is 5.84 Å². The number of nitrogens with one attached hydrogen (secondary N) is 1. The summed E-state index contributed by atoms with van der Waals surface area (Å²) in [5.41, 5.74) is 11.5. The van der Waals surface area contributed by atoms with E-state index >= 15 is 0 Å². The zero-order chi connectivity index (χ0) is 15.4. The number of benzene rings is 2. The maximum Gasteiger partial charge on any atom is 0.122 e. The van der Waals surface area contributed by atoms with Crippen molar-refractivity contribution in [2.24, 2.45) is 5.73 Å². The fourth-order valence-electron chi connectivity index (χ4n) is 2.42. The van der Waals surface area contributed by atoms with Crippen molar-refractivity contribution in [3.63, 3.8) is 0 Å². The summed E-state index contributed by atoms with van der Waals surface area (Å²) in [6, 6.07) is 14.5. The van der Waals surface area contributed by atoms with Gasteiger partial charge in [-0.25, -0.2) is 0 Å². The Kier molecular flexibility index (Phi) is 4.76. The highest BCUT2D eigenvalue weighted by atomic mass is 15.1. The Morgan fingerprint density at radius 2 is 1.67 bits per heavy atom. The van der Waals surface area contributed by atoms with Gasteiger partial charge in [-0.2, -0.15) is 0 Å². The van der Waals surface area contributed by atoms with Crippen LogP contribution in [0, 0.1) is 19.3 Å². The van der Waals surface area contributed by atoms with E-state index in [2.05, 4.69) is 50.1 Å². The molecular formula is C18H23N3. The second kappa shape index (κ2) is 6.55. The largest absolute Gasteiger partial charge is 0.384 e. The van der Waals surface area contributed by atoms with Gasteiger partial charge in [0.15, 0.2) is 0 Å². The van der Waals surface area contributed by atoms with Gasteiger partial charge >= 0.3 is 0 Å². The molecule has 0 saturated heterocycles. The van der Waals surface area contributed by atoms with E-state index in [1.165, 1.54) is 22.3 Å². The molecule has 0 radical (unpaired) electrons. The van der Waals surface area contributed by atoms with Gasteiger partial charge in [-0.3, -0.25) is 10.3 Å². The van der Waals surface area contributed by atoms with E-state index < -0.39 is 0 Å². The van der Waals surface area contributed by atoms with Gasteiger partial charge in [0.05, 0.1) is 0 Å². The summed E-state index contributed by atoms with van der Waals surface area (Å²) in [4.78, 5) is 2.27. The zero-order valence-corrected chi connectivity index (χ0v) is 13.0. The Labute approximate surface area is 126 Å². The number of aryl methyl sites for hydroxylation is 2.